The first-order valence-corrected chi connectivity index (χ1v) is 6.73. The smallest absolute Gasteiger partial charge is 0.146 e. The van der Waals surface area contributed by atoms with Gasteiger partial charge in [0.15, 0.2) is 0 Å². The molecule has 1 N–H and O–H groups in total. The van der Waals surface area contributed by atoms with E-state index in [2.05, 4.69) is 21.2 Å². The molecule has 2 aromatic rings. The van der Waals surface area contributed by atoms with E-state index in [0.717, 1.165) is 22.3 Å². The summed E-state index contributed by atoms with van der Waals surface area (Å²) in [6.45, 7) is 0.754. The van der Waals surface area contributed by atoms with Crippen molar-refractivity contribution in [2.24, 2.45) is 0 Å². The highest BCUT2D eigenvalue weighted by molar-refractivity contribution is 9.10. The molecule has 0 radical (unpaired) electrons. The molecule has 94 valence electrons. The molecule has 0 bridgehead atoms. The SMILES string of the molecule is CNCc1ccccc1Oc1ccc(Br)cc1Cl. The van der Waals surface area contributed by atoms with E-state index < -0.39 is 0 Å². The molecule has 0 fully saturated rings. The van der Waals surface area contributed by atoms with Crippen molar-refractivity contribution in [1.82, 2.24) is 5.32 Å². The summed E-state index contributed by atoms with van der Waals surface area (Å²) in [4.78, 5) is 0. The highest BCUT2D eigenvalue weighted by Crippen LogP contribution is 2.33. The number of nitrogens with one attached hydrogen (secondary N) is 1. The van der Waals surface area contributed by atoms with Crippen LogP contribution < -0.4 is 10.1 Å². The zero-order chi connectivity index (χ0) is 13.0. The summed E-state index contributed by atoms with van der Waals surface area (Å²) in [6.07, 6.45) is 0. The number of rotatable bonds is 4. The van der Waals surface area contributed by atoms with Gasteiger partial charge in [-0.1, -0.05) is 45.7 Å². The van der Waals surface area contributed by atoms with E-state index in [1.54, 1.807) is 0 Å². The van der Waals surface area contributed by atoms with Crippen LogP contribution in [0.15, 0.2) is 46.9 Å². The number of hydrogen-bond donors (Lipinski definition) is 1. The minimum atomic E-state index is 0.587. The van der Waals surface area contributed by atoms with Crippen LogP contribution in [0.25, 0.3) is 0 Å². The second-order valence-corrected chi connectivity index (χ2v) is 5.14. The maximum Gasteiger partial charge on any atom is 0.146 e. The summed E-state index contributed by atoms with van der Waals surface area (Å²) >= 11 is 9.51. The van der Waals surface area contributed by atoms with Crippen LogP contribution >= 0.6 is 27.5 Å². The molecular formula is C14H13BrClNO. The first-order chi connectivity index (χ1) is 8.70. The zero-order valence-corrected chi connectivity index (χ0v) is 12.3. The third-order valence-electron chi connectivity index (χ3n) is 2.45. The fourth-order valence-electron chi connectivity index (χ4n) is 1.62. The van der Waals surface area contributed by atoms with Crippen molar-refractivity contribution in [2.45, 2.75) is 6.54 Å². The van der Waals surface area contributed by atoms with Crippen molar-refractivity contribution in [3.05, 3.63) is 57.5 Å². The maximum absolute atomic E-state index is 6.14. The number of para-hydroxylation sites is 1. The highest BCUT2D eigenvalue weighted by atomic mass is 79.9. The van der Waals surface area contributed by atoms with Crippen molar-refractivity contribution in [2.75, 3.05) is 7.05 Å². The number of hydrogen-bond acceptors (Lipinski definition) is 2. The van der Waals surface area contributed by atoms with Crippen molar-refractivity contribution in [1.29, 1.82) is 0 Å². The molecule has 0 unspecified atom stereocenters. The van der Waals surface area contributed by atoms with Gasteiger partial charge in [0.2, 0.25) is 0 Å². The Labute approximate surface area is 120 Å². The van der Waals surface area contributed by atoms with Gasteiger partial charge in [0.05, 0.1) is 5.02 Å². The highest BCUT2D eigenvalue weighted by Gasteiger charge is 2.07. The summed E-state index contributed by atoms with van der Waals surface area (Å²) in [5.41, 5.74) is 1.10. The number of halogens is 2. The van der Waals surface area contributed by atoms with Gasteiger partial charge < -0.3 is 10.1 Å². The van der Waals surface area contributed by atoms with Gasteiger partial charge in [0.1, 0.15) is 11.5 Å². The average molecular weight is 327 g/mol. The molecule has 0 heterocycles. The Morgan fingerprint density at radius 2 is 1.94 bits per heavy atom. The van der Waals surface area contributed by atoms with E-state index >= 15 is 0 Å². The fraction of sp³-hybridized carbons (Fsp3) is 0.143. The third-order valence-corrected chi connectivity index (χ3v) is 3.24. The average Bonchev–Trinajstić information content (AvgIpc) is 2.35. The molecular weight excluding hydrogens is 314 g/mol. The first-order valence-electron chi connectivity index (χ1n) is 5.56. The lowest BCUT2D eigenvalue weighted by molar-refractivity contribution is 0.474. The molecule has 2 aromatic carbocycles. The van der Waals surface area contributed by atoms with Crippen LogP contribution in [0, 0.1) is 0 Å². The molecule has 0 amide bonds. The van der Waals surface area contributed by atoms with Gasteiger partial charge in [-0.05, 0) is 31.3 Å². The Morgan fingerprint density at radius 3 is 2.67 bits per heavy atom. The van der Waals surface area contributed by atoms with Gasteiger partial charge in [-0.3, -0.25) is 0 Å². The summed E-state index contributed by atoms with van der Waals surface area (Å²) in [7, 11) is 1.91. The van der Waals surface area contributed by atoms with E-state index in [-0.39, 0.29) is 0 Å². The van der Waals surface area contributed by atoms with Crippen molar-refractivity contribution in [3.63, 3.8) is 0 Å². The molecule has 4 heteroatoms. The molecule has 0 aromatic heterocycles. The predicted molar refractivity (Wildman–Crippen MR) is 78.4 cm³/mol. The van der Waals surface area contributed by atoms with Crippen LogP contribution in [0.3, 0.4) is 0 Å². The molecule has 0 aliphatic rings. The topological polar surface area (TPSA) is 21.3 Å². The van der Waals surface area contributed by atoms with Gasteiger partial charge in [0.25, 0.3) is 0 Å². The van der Waals surface area contributed by atoms with Gasteiger partial charge >= 0.3 is 0 Å². The first kappa shape index (κ1) is 13.4. The summed E-state index contributed by atoms with van der Waals surface area (Å²) in [5, 5.41) is 3.70. The lowest BCUT2D eigenvalue weighted by Crippen LogP contribution is -2.06. The van der Waals surface area contributed by atoms with E-state index in [1.807, 2.05) is 49.5 Å². The van der Waals surface area contributed by atoms with Crippen LogP contribution in [0.5, 0.6) is 11.5 Å². The monoisotopic (exact) mass is 325 g/mol. The number of ether oxygens (including phenoxy) is 1. The van der Waals surface area contributed by atoms with E-state index in [9.17, 15) is 0 Å². The van der Waals surface area contributed by atoms with Gasteiger partial charge in [-0.2, -0.15) is 0 Å². The van der Waals surface area contributed by atoms with Gasteiger partial charge in [-0.25, -0.2) is 0 Å². The van der Waals surface area contributed by atoms with Crippen LogP contribution in [-0.2, 0) is 6.54 Å². The second kappa shape index (κ2) is 6.23. The summed E-state index contributed by atoms with van der Waals surface area (Å²) < 4.78 is 6.79. The fourth-order valence-corrected chi connectivity index (χ4v) is 2.33. The minimum absolute atomic E-state index is 0.587. The summed E-state index contributed by atoms with van der Waals surface area (Å²) in [6, 6.07) is 13.5. The normalized spacial score (nSPS) is 10.4. The lowest BCUT2D eigenvalue weighted by atomic mass is 10.2. The van der Waals surface area contributed by atoms with Crippen LogP contribution in [-0.4, -0.2) is 7.05 Å². The molecule has 0 saturated heterocycles. The largest absolute Gasteiger partial charge is 0.455 e. The molecule has 0 aliphatic heterocycles. The van der Waals surface area contributed by atoms with Crippen LogP contribution in [0.4, 0.5) is 0 Å². The lowest BCUT2D eigenvalue weighted by Gasteiger charge is -2.12. The zero-order valence-electron chi connectivity index (χ0n) is 9.91. The Hall–Kier alpha value is -1.03. The molecule has 2 rings (SSSR count). The Morgan fingerprint density at radius 1 is 1.17 bits per heavy atom. The predicted octanol–water partition coefficient (Wildman–Crippen LogP) is 4.61. The Bertz CT molecular complexity index is 545. The van der Waals surface area contributed by atoms with Gasteiger partial charge in [-0.15, -0.1) is 0 Å². The van der Waals surface area contributed by atoms with Gasteiger partial charge in [0, 0.05) is 16.6 Å². The van der Waals surface area contributed by atoms with Crippen molar-refractivity contribution < 1.29 is 4.74 Å². The molecule has 18 heavy (non-hydrogen) atoms. The second-order valence-electron chi connectivity index (χ2n) is 3.81. The third kappa shape index (κ3) is 3.25. The molecule has 0 aliphatic carbocycles. The molecule has 0 spiro atoms. The van der Waals surface area contributed by atoms with E-state index in [0.29, 0.717) is 10.8 Å². The number of benzene rings is 2. The quantitative estimate of drug-likeness (QED) is 0.885. The van der Waals surface area contributed by atoms with Crippen LogP contribution in [0.1, 0.15) is 5.56 Å². The van der Waals surface area contributed by atoms with Crippen molar-refractivity contribution in [3.8, 4) is 11.5 Å². The summed E-state index contributed by atoms with van der Waals surface area (Å²) in [5.74, 6) is 1.47. The standard InChI is InChI=1S/C14H13BrClNO/c1-17-9-10-4-2-3-5-13(10)18-14-7-6-11(15)8-12(14)16/h2-8,17H,9H2,1H3. The van der Waals surface area contributed by atoms with E-state index in [1.165, 1.54) is 0 Å². The molecule has 0 saturated carbocycles. The maximum atomic E-state index is 6.14. The molecule has 2 nitrogen and oxygen atoms in total. The van der Waals surface area contributed by atoms with Crippen molar-refractivity contribution >= 4 is 27.5 Å². The minimum Gasteiger partial charge on any atom is -0.455 e. The Balaban J connectivity index is 2.28. The Kier molecular flexibility index (Phi) is 4.64. The van der Waals surface area contributed by atoms with Crippen LogP contribution in [0.2, 0.25) is 5.02 Å². The molecule has 0 atom stereocenters. The van der Waals surface area contributed by atoms with E-state index in [4.69, 9.17) is 16.3 Å².